The van der Waals surface area contributed by atoms with E-state index >= 15 is 0 Å². The lowest BCUT2D eigenvalue weighted by molar-refractivity contribution is 0.327. The van der Waals surface area contributed by atoms with E-state index in [2.05, 4.69) is 39.1 Å². The van der Waals surface area contributed by atoms with E-state index in [-0.39, 0.29) is 0 Å². The van der Waals surface area contributed by atoms with Crippen LogP contribution in [0.3, 0.4) is 0 Å². The van der Waals surface area contributed by atoms with Gasteiger partial charge in [0.25, 0.3) is 0 Å². The number of nitrogens with one attached hydrogen (secondary N) is 1. The van der Waals surface area contributed by atoms with E-state index in [9.17, 15) is 0 Å². The molecule has 0 spiro atoms. The lowest BCUT2D eigenvalue weighted by Gasteiger charge is -2.31. The van der Waals surface area contributed by atoms with Gasteiger partial charge in [-0.3, -0.25) is 0 Å². The van der Waals surface area contributed by atoms with Crippen LogP contribution in [-0.4, -0.2) is 54.6 Å². The maximum atomic E-state index is 6.29. The molecule has 1 atom stereocenters. The molecule has 0 aliphatic carbocycles. The molecule has 1 aliphatic rings. The number of rotatable bonds is 3. The van der Waals surface area contributed by atoms with E-state index < -0.39 is 0 Å². The molecule has 1 unspecified atom stereocenters. The Kier molecular flexibility index (Phi) is 4.82. The molecule has 0 radical (unpaired) electrons. The molecule has 1 fully saturated rings. The van der Waals surface area contributed by atoms with Gasteiger partial charge in [0.15, 0.2) is 5.82 Å². The van der Waals surface area contributed by atoms with E-state index in [4.69, 9.17) is 11.6 Å². The van der Waals surface area contributed by atoms with Gasteiger partial charge in [0.05, 0.1) is 6.20 Å². The van der Waals surface area contributed by atoms with Crippen LogP contribution in [-0.2, 0) is 0 Å². The van der Waals surface area contributed by atoms with Crippen molar-refractivity contribution in [2.24, 2.45) is 0 Å². The zero-order valence-corrected chi connectivity index (χ0v) is 12.6. The molecule has 19 heavy (non-hydrogen) atoms. The van der Waals surface area contributed by atoms with Crippen molar-refractivity contribution in [3.05, 3.63) is 11.2 Å². The van der Waals surface area contributed by atoms with Gasteiger partial charge in [0.2, 0.25) is 5.95 Å². The quantitative estimate of drug-likeness (QED) is 0.920. The number of likely N-dealkylation sites (N-methyl/N-ethyl adjacent to an activating group) is 1. The first-order valence-corrected chi connectivity index (χ1v) is 7.19. The Labute approximate surface area is 120 Å². The molecule has 0 saturated carbocycles. The second kappa shape index (κ2) is 6.39. The SMILES string of the molecule is CCC1CN(C)CCCN1c1nc(NC)ncc1Cl. The summed E-state index contributed by atoms with van der Waals surface area (Å²) in [6.45, 7) is 5.37. The molecule has 2 rings (SSSR count). The predicted molar refractivity (Wildman–Crippen MR) is 80.1 cm³/mol. The number of hydrogen-bond acceptors (Lipinski definition) is 5. The van der Waals surface area contributed by atoms with Gasteiger partial charge in [-0.05, 0) is 26.4 Å². The molecule has 6 heteroatoms. The van der Waals surface area contributed by atoms with Crippen LogP contribution in [0.15, 0.2) is 6.20 Å². The van der Waals surface area contributed by atoms with Crippen LogP contribution in [0.4, 0.5) is 11.8 Å². The summed E-state index contributed by atoms with van der Waals surface area (Å²) >= 11 is 6.29. The first-order valence-electron chi connectivity index (χ1n) is 6.81. The van der Waals surface area contributed by atoms with Crippen LogP contribution in [0.1, 0.15) is 19.8 Å². The highest BCUT2D eigenvalue weighted by atomic mass is 35.5. The molecule has 1 N–H and O–H groups in total. The summed E-state index contributed by atoms with van der Waals surface area (Å²) in [7, 11) is 3.99. The highest BCUT2D eigenvalue weighted by Gasteiger charge is 2.25. The molecule has 0 aromatic carbocycles. The Bertz CT molecular complexity index is 425. The van der Waals surface area contributed by atoms with Crippen molar-refractivity contribution in [2.45, 2.75) is 25.8 Å². The summed E-state index contributed by atoms with van der Waals surface area (Å²) in [6.07, 6.45) is 3.89. The molecule has 0 bridgehead atoms. The largest absolute Gasteiger partial charge is 0.357 e. The Morgan fingerprint density at radius 2 is 2.26 bits per heavy atom. The highest BCUT2D eigenvalue weighted by Crippen LogP contribution is 2.27. The molecule has 1 aromatic heterocycles. The maximum Gasteiger partial charge on any atom is 0.224 e. The van der Waals surface area contributed by atoms with Crippen molar-refractivity contribution < 1.29 is 0 Å². The average molecular weight is 284 g/mol. The summed E-state index contributed by atoms with van der Waals surface area (Å²) in [4.78, 5) is 13.4. The fourth-order valence-corrected chi connectivity index (χ4v) is 2.75. The van der Waals surface area contributed by atoms with Crippen LogP contribution in [0.2, 0.25) is 5.02 Å². The van der Waals surface area contributed by atoms with Crippen molar-refractivity contribution >= 4 is 23.4 Å². The van der Waals surface area contributed by atoms with E-state index in [1.165, 1.54) is 0 Å². The van der Waals surface area contributed by atoms with Crippen molar-refractivity contribution in [3.8, 4) is 0 Å². The minimum Gasteiger partial charge on any atom is -0.357 e. The normalized spacial score (nSPS) is 21.3. The monoisotopic (exact) mass is 283 g/mol. The Hall–Kier alpha value is -1.07. The van der Waals surface area contributed by atoms with Gasteiger partial charge in [-0.2, -0.15) is 4.98 Å². The highest BCUT2D eigenvalue weighted by molar-refractivity contribution is 6.32. The number of halogens is 1. The number of aromatic nitrogens is 2. The van der Waals surface area contributed by atoms with E-state index in [1.54, 1.807) is 6.20 Å². The van der Waals surface area contributed by atoms with Crippen LogP contribution in [0.25, 0.3) is 0 Å². The standard InChI is InChI=1S/C13H22ClN5/c1-4-10-9-18(3)6-5-7-19(10)12-11(14)8-16-13(15-2)17-12/h8,10H,4-7,9H2,1-3H3,(H,15,16,17). The van der Waals surface area contributed by atoms with E-state index in [1.807, 2.05) is 7.05 Å². The number of hydrogen-bond donors (Lipinski definition) is 1. The van der Waals surface area contributed by atoms with Gasteiger partial charge in [-0.15, -0.1) is 0 Å². The molecular weight excluding hydrogens is 262 g/mol. The van der Waals surface area contributed by atoms with Gasteiger partial charge < -0.3 is 15.1 Å². The third-order valence-electron chi connectivity index (χ3n) is 3.59. The fourth-order valence-electron chi connectivity index (χ4n) is 2.55. The third-order valence-corrected chi connectivity index (χ3v) is 3.86. The average Bonchev–Trinajstić information content (AvgIpc) is 2.60. The summed E-state index contributed by atoms with van der Waals surface area (Å²) in [5, 5.41) is 3.60. The van der Waals surface area contributed by atoms with Gasteiger partial charge >= 0.3 is 0 Å². The zero-order valence-electron chi connectivity index (χ0n) is 11.9. The lowest BCUT2D eigenvalue weighted by atomic mass is 10.2. The zero-order chi connectivity index (χ0) is 13.8. The molecule has 1 aromatic rings. The van der Waals surface area contributed by atoms with Crippen molar-refractivity contribution in [3.63, 3.8) is 0 Å². The third kappa shape index (κ3) is 3.28. The lowest BCUT2D eigenvalue weighted by Crippen LogP contribution is -2.40. The van der Waals surface area contributed by atoms with Crippen molar-refractivity contribution in [1.29, 1.82) is 0 Å². The molecule has 2 heterocycles. The minimum absolute atomic E-state index is 0.449. The Morgan fingerprint density at radius 1 is 1.47 bits per heavy atom. The second-order valence-electron chi connectivity index (χ2n) is 4.99. The van der Waals surface area contributed by atoms with Crippen LogP contribution < -0.4 is 10.2 Å². The van der Waals surface area contributed by atoms with Crippen LogP contribution in [0.5, 0.6) is 0 Å². The predicted octanol–water partition coefficient (Wildman–Crippen LogP) is 2.09. The maximum absolute atomic E-state index is 6.29. The summed E-state index contributed by atoms with van der Waals surface area (Å²) in [5.74, 6) is 1.47. The fraction of sp³-hybridized carbons (Fsp3) is 0.692. The minimum atomic E-state index is 0.449. The molecule has 106 valence electrons. The first-order chi connectivity index (χ1) is 9.15. The topological polar surface area (TPSA) is 44.3 Å². The smallest absolute Gasteiger partial charge is 0.224 e. The Morgan fingerprint density at radius 3 is 2.95 bits per heavy atom. The van der Waals surface area contributed by atoms with Crippen molar-refractivity contribution in [1.82, 2.24) is 14.9 Å². The van der Waals surface area contributed by atoms with Crippen LogP contribution >= 0.6 is 11.6 Å². The van der Waals surface area contributed by atoms with E-state index in [0.717, 1.165) is 38.3 Å². The Balaban J connectivity index is 2.31. The van der Waals surface area contributed by atoms with E-state index in [0.29, 0.717) is 17.0 Å². The van der Waals surface area contributed by atoms with Gasteiger partial charge in [0, 0.05) is 26.2 Å². The molecule has 0 amide bonds. The van der Waals surface area contributed by atoms with Gasteiger partial charge in [-0.1, -0.05) is 18.5 Å². The molecular formula is C13H22ClN5. The van der Waals surface area contributed by atoms with Gasteiger partial charge in [0.1, 0.15) is 5.02 Å². The first kappa shape index (κ1) is 14.3. The summed E-state index contributed by atoms with van der Waals surface area (Å²) < 4.78 is 0. The molecule has 1 saturated heterocycles. The van der Waals surface area contributed by atoms with Crippen molar-refractivity contribution in [2.75, 3.05) is 43.9 Å². The van der Waals surface area contributed by atoms with Crippen LogP contribution in [0, 0.1) is 0 Å². The molecule has 1 aliphatic heterocycles. The summed E-state index contributed by atoms with van der Waals surface area (Å²) in [6, 6.07) is 0.449. The number of nitrogens with zero attached hydrogens (tertiary/aromatic N) is 4. The second-order valence-corrected chi connectivity index (χ2v) is 5.39. The molecule has 5 nitrogen and oxygen atoms in total. The van der Waals surface area contributed by atoms with Gasteiger partial charge in [-0.25, -0.2) is 4.98 Å². The summed E-state index contributed by atoms with van der Waals surface area (Å²) in [5.41, 5.74) is 0. The number of anilines is 2.